The van der Waals surface area contributed by atoms with E-state index in [-0.39, 0.29) is 6.23 Å². The lowest BCUT2D eigenvalue weighted by Crippen LogP contribution is -2.19. The molecule has 1 unspecified atom stereocenters. The number of ether oxygens (including phenoxy) is 1. The largest absolute Gasteiger partial charge is 0.356 e. The quantitative estimate of drug-likeness (QED) is 0.772. The second-order valence-electron chi connectivity index (χ2n) is 5.13. The lowest BCUT2D eigenvalue weighted by atomic mass is 10.1. The van der Waals surface area contributed by atoms with Crippen LogP contribution < -0.4 is 0 Å². The van der Waals surface area contributed by atoms with Gasteiger partial charge in [0.1, 0.15) is 11.4 Å². The molecule has 0 bridgehead atoms. The third-order valence-corrected chi connectivity index (χ3v) is 4.25. The molecule has 1 fully saturated rings. The zero-order valence-electron chi connectivity index (χ0n) is 11.3. The topological polar surface area (TPSA) is 68.6 Å². The Morgan fingerprint density at radius 3 is 3.05 bits per heavy atom. The number of rotatable bonds is 2. The highest BCUT2D eigenvalue weighted by molar-refractivity contribution is 9.10. The number of hydrogen-bond donors (Lipinski definition) is 1. The fourth-order valence-electron chi connectivity index (χ4n) is 2.75. The van der Waals surface area contributed by atoms with Crippen LogP contribution in [0.4, 0.5) is 0 Å². The number of fused-ring (bicyclic) bond motifs is 1. The number of hydrogen-bond acceptors (Lipinski definition) is 4. The van der Waals surface area contributed by atoms with Crippen LogP contribution in [-0.4, -0.2) is 31.8 Å². The maximum absolute atomic E-state index is 5.88. The first-order valence-corrected chi connectivity index (χ1v) is 7.78. The molecule has 0 saturated carbocycles. The van der Waals surface area contributed by atoms with Crippen molar-refractivity contribution >= 4 is 26.8 Å². The summed E-state index contributed by atoms with van der Waals surface area (Å²) in [6, 6.07) is 6.15. The molecule has 0 amide bonds. The van der Waals surface area contributed by atoms with E-state index in [2.05, 4.69) is 43.5 Å². The highest BCUT2D eigenvalue weighted by atomic mass is 79.9. The average molecular weight is 348 g/mol. The van der Waals surface area contributed by atoms with E-state index in [4.69, 9.17) is 9.84 Å². The molecular weight excluding hydrogens is 334 g/mol. The Morgan fingerprint density at radius 2 is 2.29 bits per heavy atom. The fourth-order valence-corrected chi connectivity index (χ4v) is 3.12. The van der Waals surface area contributed by atoms with Crippen molar-refractivity contribution in [2.24, 2.45) is 0 Å². The molecular formula is C14H14BrN5O. The first-order valence-electron chi connectivity index (χ1n) is 6.98. The minimum absolute atomic E-state index is 0.00285. The zero-order valence-corrected chi connectivity index (χ0v) is 12.9. The highest BCUT2D eigenvalue weighted by Gasteiger charge is 2.22. The van der Waals surface area contributed by atoms with Crippen LogP contribution in [0.2, 0.25) is 0 Å². The molecule has 0 radical (unpaired) electrons. The highest BCUT2D eigenvalue weighted by Crippen LogP contribution is 2.33. The van der Waals surface area contributed by atoms with E-state index in [9.17, 15) is 0 Å². The van der Waals surface area contributed by atoms with Gasteiger partial charge in [-0.05, 0) is 37.5 Å². The van der Waals surface area contributed by atoms with Crippen molar-refractivity contribution in [2.75, 3.05) is 6.61 Å². The van der Waals surface area contributed by atoms with E-state index in [1.165, 1.54) is 6.42 Å². The van der Waals surface area contributed by atoms with Crippen molar-refractivity contribution in [3.8, 4) is 11.4 Å². The lowest BCUT2D eigenvalue weighted by Gasteiger charge is -2.23. The van der Waals surface area contributed by atoms with Gasteiger partial charge < -0.3 is 4.74 Å². The summed E-state index contributed by atoms with van der Waals surface area (Å²) in [6.45, 7) is 0.793. The summed E-state index contributed by atoms with van der Waals surface area (Å²) >= 11 is 3.52. The molecule has 6 nitrogen and oxygen atoms in total. The van der Waals surface area contributed by atoms with Gasteiger partial charge in [-0.2, -0.15) is 20.5 Å². The first kappa shape index (κ1) is 13.0. The monoisotopic (exact) mass is 347 g/mol. The third-order valence-electron chi connectivity index (χ3n) is 3.75. The summed E-state index contributed by atoms with van der Waals surface area (Å²) in [6.07, 6.45) is 4.97. The number of aromatic amines is 1. The molecule has 2 aromatic heterocycles. The van der Waals surface area contributed by atoms with Gasteiger partial charge in [-0.15, -0.1) is 0 Å². The second kappa shape index (κ2) is 5.23. The van der Waals surface area contributed by atoms with Crippen molar-refractivity contribution in [1.29, 1.82) is 0 Å². The van der Waals surface area contributed by atoms with Gasteiger partial charge in [0.2, 0.25) is 0 Å². The van der Waals surface area contributed by atoms with Crippen molar-refractivity contribution in [1.82, 2.24) is 25.2 Å². The number of aromatic nitrogens is 5. The summed E-state index contributed by atoms with van der Waals surface area (Å²) in [5.74, 6) is 0. The third kappa shape index (κ3) is 2.26. The van der Waals surface area contributed by atoms with Crippen LogP contribution in [0.25, 0.3) is 22.3 Å². The maximum atomic E-state index is 5.88. The molecule has 7 heteroatoms. The standard InChI is InChI=1S/C14H14BrN5O/c15-9-4-5-12-10(7-9)14(11-8-16-19-17-11)18-20(12)13-3-1-2-6-21-13/h4-5,7-8,13H,1-3,6H2,(H,16,17,19). The number of nitrogens with one attached hydrogen (secondary N) is 1. The summed E-state index contributed by atoms with van der Waals surface area (Å²) < 4.78 is 8.87. The minimum Gasteiger partial charge on any atom is -0.356 e. The zero-order chi connectivity index (χ0) is 14.2. The van der Waals surface area contributed by atoms with Crippen LogP contribution in [0.1, 0.15) is 25.5 Å². The van der Waals surface area contributed by atoms with E-state index in [1.807, 2.05) is 10.7 Å². The van der Waals surface area contributed by atoms with E-state index in [1.54, 1.807) is 6.20 Å². The Balaban J connectivity index is 1.91. The Labute approximate surface area is 129 Å². The van der Waals surface area contributed by atoms with Crippen LogP contribution in [0.3, 0.4) is 0 Å². The second-order valence-corrected chi connectivity index (χ2v) is 6.05. The Bertz CT molecular complexity index is 761. The van der Waals surface area contributed by atoms with Gasteiger partial charge >= 0.3 is 0 Å². The van der Waals surface area contributed by atoms with Crippen LogP contribution in [0.5, 0.6) is 0 Å². The van der Waals surface area contributed by atoms with Gasteiger partial charge in [-0.1, -0.05) is 15.9 Å². The van der Waals surface area contributed by atoms with Gasteiger partial charge in [0, 0.05) is 16.5 Å². The number of nitrogens with zero attached hydrogens (tertiary/aromatic N) is 4. The van der Waals surface area contributed by atoms with Crippen LogP contribution in [0.15, 0.2) is 28.9 Å². The van der Waals surface area contributed by atoms with E-state index >= 15 is 0 Å². The van der Waals surface area contributed by atoms with Gasteiger partial charge in [-0.25, -0.2) is 4.68 Å². The maximum Gasteiger partial charge on any atom is 0.150 e. The predicted molar refractivity (Wildman–Crippen MR) is 81.6 cm³/mol. The lowest BCUT2D eigenvalue weighted by molar-refractivity contribution is -0.0365. The molecule has 4 rings (SSSR count). The summed E-state index contributed by atoms with van der Waals surface area (Å²) in [4.78, 5) is 0. The molecule has 1 aliphatic heterocycles. The molecule has 1 saturated heterocycles. The Morgan fingerprint density at radius 1 is 1.33 bits per heavy atom. The molecule has 1 aliphatic rings. The van der Waals surface area contributed by atoms with Gasteiger partial charge in [0.15, 0.2) is 6.23 Å². The first-order chi connectivity index (χ1) is 10.3. The molecule has 108 valence electrons. The summed E-state index contributed by atoms with van der Waals surface area (Å²) in [5, 5.41) is 16.5. The molecule has 1 aromatic carbocycles. The SMILES string of the molecule is Brc1ccc2c(c1)c(-c1cn[nH]n1)nn2C1CCCCO1. The summed E-state index contributed by atoms with van der Waals surface area (Å²) in [5.41, 5.74) is 2.63. The van der Waals surface area contributed by atoms with Crippen LogP contribution in [0, 0.1) is 0 Å². The van der Waals surface area contributed by atoms with E-state index < -0.39 is 0 Å². The number of halogens is 1. The molecule has 3 heterocycles. The Kier molecular flexibility index (Phi) is 3.23. The minimum atomic E-state index is 0.00285. The van der Waals surface area contributed by atoms with Crippen LogP contribution in [-0.2, 0) is 4.74 Å². The van der Waals surface area contributed by atoms with Gasteiger partial charge in [0.25, 0.3) is 0 Å². The van der Waals surface area contributed by atoms with Crippen molar-refractivity contribution in [3.05, 3.63) is 28.9 Å². The molecule has 21 heavy (non-hydrogen) atoms. The van der Waals surface area contributed by atoms with Gasteiger partial charge in [-0.3, -0.25) is 0 Å². The van der Waals surface area contributed by atoms with E-state index in [0.717, 1.165) is 46.2 Å². The average Bonchev–Trinajstić information content (AvgIpc) is 3.14. The summed E-state index contributed by atoms with van der Waals surface area (Å²) in [7, 11) is 0. The molecule has 0 aliphatic carbocycles. The van der Waals surface area contributed by atoms with Gasteiger partial charge in [0.05, 0.1) is 11.7 Å². The van der Waals surface area contributed by atoms with Crippen molar-refractivity contribution in [3.63, 3.8) is 0 Å². The smallest absolute Gasteiger partial charge is 0.150 e. The predicted octanol–water partition coefficient (Wildman–Crippen LogP) is 3.28. The van der Waals surface area contributed by atoms with Crippen molar-refractivity contribution in [2.45, 2.75) is 25.5 Å². The van der Waals surface area contributed by atoms with Crippen LogP contribution >= 0.6 is 15.9 Å². The molecule has 1 N–H and O–H groups in total. The molecule has 1 atom stereocenters. The normalized spacial score (nSPS) is 19.2. The van der Waals surface area contributed by atoms with Crippen molar-refractivity contribution < 1.29 is 4.74 Å². The van der Waals surface area contributed by atoms with E-state index in [0.29, 0.717) is 0 Å². The number of H-pyrrole nitrogens is 1. The Hall–Kier alpha value is -1.73. The number of benzene rings is 1. The molecule has 3 aromatic rings. The molecule has 0 spiro atoms. The fraction of sp³-hybridized carbons (Fsp3) is 0.357.